The molecule has 9 nitrogen and oxygen atoms in total. The average molecular weight is 460 g/mol. The predicted octanol–water partition coefficient (Wildman–Crippen LogP) is 1.36. The number of methoxy groups -OCH3 is 2. The SMILES string of the molecule is COc1ccc(NC(=O)CSc2nc(=O)n(N3CCN(C)CC3)c3c2CCC3)cc1OC. The molecule has 0 spiro atoms. The summed E-state index contributed by atoms with van der Waals surface area (Å²) in [6.07, 6.45) is 2.75. The highest BCUT2D eigenvalue weighted by Gasteiger charge is 2.26. The van der Waals surface area contributed by atoms with Crippen LogP contribution in [0.5, 0.6) is 11.5 Å². The van der Waals surface area contributed by atoms with E-state index in [2.05, 4.69) is 27.3 Å². The van der Waals surface area contributed by atoms with Crippen molar-refractivity contribution in [3.05, 3.63) is 39.9 Å². The topological polar surface area (TPSA) is 88.9 Å². The second kappa shape index (κ2) is 9.83. The zero-order valence-corrected chi connectivity index (χ0v) is 19.5. The molecule has 1 N–H and O–H groups in total. The first-order chi connectivity index (χ1) is 15.5. The van der Waals surface area contributed by atoms with E-state index in [0.717, 1.165) is 56.7 Å². The molecule has 2 heterocycles. The Morgan fingerprint density at radius 3 is 2.59 bits per heavy atom. The van der Waals surface area contributed by atoms with Crippen LogP contribution in [0.1, 0.15) is 17.7 Å². The second-order valence-corrected chi connectivity index (χ2v) is 8.92. The number of nitrogens with zero attached hydrogens (tertiary/aromatic N) is 4. The minimum atomic E-state index is -0.252. The Morgan fingerprint density at radius 1 is 1.12 bits per heavy atom. The molecule has 172 valence electrons. The van der Waals surface area contributed by atoms with Gasteiger partial charge in [-0.3, -0.25) is 4.79 Å². The van der Waals surface area contributed by atoms with Crippen LogP contribution in [-0.4, -0.2) is 73.7 Å². The van der Waals surface area contributed by atoms with Crippen LogP contribution in [-0.2, 0) is 17.6 Å². The maximum Gasteiger partial charge on any atom is 0.367 e. The lowest BCUT2D eigenvalue weighted by Gasteiger charge is -2.35. The minimum absolute atomic E-state index is 0.168. The number of piperazine rings is 1. The number of aromatic nitrogens is 2. The summed E-state index contributed by atoms with van der Waals surface area (Å²) in [5.74, 6) is 1.15. The van der Waals surface area contributed by atoms with Gasteiger partial charge in [0.1, 0.15) is 5.03 Å². The molecule has 1 aromatic heterocycles. The first-order valence-corrected chi connectivity index (χ1v) is 11.7. The highest BCUT2D eigenvalue weighted by molar-refractivity contribution is 8.00. The van der Waals surface area contributed by atoms with Crippen LogP contribution >= 0.6 is 11.8 Å². The maximum absolute atomic E-state index is 12.9. The van der Waals surface area contributed by atoms with Gasteiger partial charge in [-0.1, -0.05) is 11.8 Å². The maximum atomic E-state index is 12.9. The second-order valence-electron chi connectivity index (χ2n) is 7.95. The van der Waals surface area contributed by atoms with Crippen molar-refractivity contribution in [2.45, 2.75) is 24.3 Å². The van der Waals surface area contributed by atoms with Gasteiger partial charge in [-0.25, -0.2) is 9.47 Å². The highest BCUT2D eigenvalue weighted by Crippen LogP contribution is 2.31. The summed E-state index contributed by atoms with van der Waals surface area (Å²) in [4.78, 5) is 32.1. The largest absolute Gasteiger partial charge is 0.493 e. The van der Waals surface area contributed by atoms with Crippen LogP contribution in [0.2, 0.25) is 0 Å². The number of hydrogen-bond acceptors (Lipinski definition) is 8. The van der Waals surface area contributed by atoms with E-state index in [1.54, 1.807) is 37.1 Å². The van der Waals surface area contributed by atoms with E-state index < -0.39 is 0 Å². The average Bonchev–Trinajstić information content (AvgIpc) is 3.28. The van der Waals surface area contributed by atoms with Crippen molar-refractivity contribution in [3.8, 4) is 11.5 Å². The summed E-state index contributed by atoms with van der Waals surface area (Å²) >= 11 is 1.32. The Balaban J connectivity index is 1.46. The molecular formula is C22H29N5O4S. The van der Waals surface area contributed by atoms with E-state index in [4.69, 9.17) is 9.47 Å². The molecule has 2 aliphatic rings. The third-order valence-corrected chi connectivity index (χ3v) is 6.87. The molecule has 4 rings (SSSR count). The van der Waals surface area contributed by atoms with Gasteiger partial charge >= 0.3 is 5.69 Å². The number of hydrogen-bond donors (Lipinski definition) is 1. The highest BCUT2D eigenvalue weighted by atomic mass is 32.2. The van der Waals surface area contributed by atoms with E-state index in [-0.39, 0.29) is 17.3 Å². The van der Waals surface area contributed by atoms with Crippen LogP contribution in [0.15, 0.2) is 28.0 Å². The number of carbonyl (C=O) groups excluding carboxylic acids is 1. The van der Waals surface area contributed by atoms with Gasteiger partial charge in [0.05, 0.1) is 25.7 Å². The lowest BCUT2D eigenvalue weighted by atomic mass is 10.2. The molecule has 32 heavy (non-hydrogen) atoms. The summed E-state index contributed by atoms with van der Waals surface area (Å²) in [7, 11) is 5.21. The van der Waals surface area contributed by atoms with Gasteiger partial charge in [-0.15, -0.1) is 0 Å². The van der Waals surface area contributed by atoms with E-state index in [9.17, 15) is 9.59 Å². The molecule has 1 amide bonds. The lowest BCUT2D eigenvalue weighted by Crippen LogP contribution is -2.54. The summed E-state index contributed by atoms with van der Waals surface area (Å²) in [5.41, 5.74) is 2.53. The number of rotatable bonds is 7. The summed E-state index contributed by atoms with van der Waals surface area (Å²) in [5, 5.41) is 5.65. The van der Waals surface area contributed by atoms with Crippen molar-refractivity contribution >= 4 is 23.4 Å². The molecule has 0 saturated carbocycles. The molecule has 10 heteroatoms. The zero-order valence-electron chi connectivity index (χ0n) is 18.7. The predicted molar refractivity (Wildman–Crippen MR) is 125 cm³/mol. The minimum Gasteiger partial charge on any atom is -0.493 e. The van der Waals surface area contributed by atoms with E-state index in [0.29, 0.717) is 22.2 Å². The number of likely N-dealkylation sites (N-methyl/N-ethyl adjacent to an activating group) is 1. The van der Waals surface area contributed by atoms with Crippen LogP contribution in [0.25, 0.3) is 0 Å². The third-order valence-electron chi connectivity index (χ3n) is 5.85. The lowest BCUT2D eigenvalue weighted by molar-refractivity contribution is -0.113. The van der Waals surface area contributed by atoms with Crippen molar-refractivity contribution in [2.24, 2.45) is 0 Å². The molecule has 2 aromatic rings. The van der Waals surface area contributed by atoms with Gasteiger partial charge in [-0.05, 0) is 38.4 Å². The van der Waals surface area contributed by atoms with Crippen LogP contribution in [0.4, 0.5) is 5.69 Å². The van der Waals surface area contributed by atoms with Gasteiger partial charge in [0, 0.05) is 43.5 Å². The first-order valence-electron chi connectivity index (χ1n) is 10.7. The monoisotopic (exact) mass is 459 g/mol. The quantitative estimate of drug-likeness (QED) is 0.491. The molecule has 1 aliphatic carbocycles. The molecule has 1 saturated heterocycles. The smallest absolute Gasteiger partial charge is 0.367 e. The summed E-state index contributed by atoms with van der Waals surface area (Å²) in [6, 6.07) is 5.22. The molecular weight excluding hydrogens is 430 g/mol. The van der Waals surface area contributed by atoms with Gasteiger partial charge in [-0.2, -0.15) is 4.98 Å². The summed E-state index contributed by atoms with van der Waals surface area (Å²) < 4.78 is 12.3. The zero-order chi connectivity index (χ0) is 22.7. The van der Waals surface area contributed by atoms with Gasteiger partial charge in [0.15, 0.2) is 11.5 Å². The number of benzene rings is 1. The Morgan fingerprint density at radius 2 is 1.88 bits per heavy atom. The molecule has 1 fully saturated rings. The summed E-state index contributed by atoms with van der Waals surface area (Å²) in [6.45, 7) is 3.47. The first kappa shape index (κ1) is 22.5. The van der Waals surface area contributed by atoms with Crippen molar-refractivity contribution in [3.63, 3.8) is 0 Å². The number of thioether (sulfide) groups is 1. The number of anilines is 1. The normalized spacial score (nSPS) is 16.0. The molecule has 0 atom stereocenters. The van der Waals surface area contributed by atoms with Gasteiger partial charge < -0.3 is 24.7 Å². The molecule has 1 aliphatic heterocycles. The Kier molecular flexibility index (Phi) is 6.90. The molecule has 0 bridgehead atoms. The number of nitrogens with one attached hydrogen (secondary N) is 1. The van der Waals surface area contributed by atoms with Crippen LogP contribution < -0.4 is 25.5 Å². The Hall–Kier alpha value is -2.72. The van der Waals surface area contributed by atoms with Gasteiger partial charge in [0.2, 0.25) is 5.91 Å². The van der Waals surface area contributed by atoms with Crippen molar-refractivity contribution in [1.29, 1.82) is 0 Å². The van der Waals surface area contributed by atoms with Crippen LogP contribution in [0, 0.1) is 0 Å². The Bertz CT molecular complexity index is 1050. The number of carbonyl (C=O) groups is 1. The van der Waals surface area contributed by atoms with E-state index in [1.165, 1.54) is 11.8 Å². The van der Waals surface area contributed by atoms with Crippen molar-refractivity contribution < 1.29 is 14.3 Å². The number of fused-ring (bicyclic) bond motifs is 1. The van der Waals surface area contributed by atoms with Gasteiger partial charge in [0.25, 0.3) is 0 Å². The number of amides is 1. The molecule has 0 unspecified atom stereocenters. The van der Waals surface area contributed by atoms with Crippen LogP contribution in [0.3, 0.4) is 0 Å². The van der Waals surface area contributed by atoms with E-state index in [1.807, 2.05) is 0 Å². The van der Waals surface area contributed by atoms with E-state index >= 15 is 0 Å². The molecule has 1 aromatic carbocycles. The fraction of sp³-hybridized carbons (Fsp3) is 0.500. The fourth-order valence-corrected chi connectivity index (χ4v) is 5.04. The third kappa shape index (κ3) is 4.71. The van der Waals surface area contributed by atoms with Crippen molar-refractivity contribution in [2.75, 3.05) is 63.5 Å². The number of ether oxygens (including phenoxy) is 2. The fourth-order valence-electron chi connectivity index (χ4n) is 4.16. The molecule has 0 radical (unpaired) electrons. The van der Waals surface area contributed by atoms with Crippen molar-refractivity contribution in [1.82, 2.24) is 14.6 Å². The standard InChI is InChI=1S/C22H29N5O4S/c1-25-9-11-26(12-10-25)27-17-6-4-5-16(17)21(24-22(27)29)32-14-20(28)23-15-7-8-18(30-2)19(13-15)31-3/h7-8,13H,4-6,9-12,14H2,1-3H3,(H,23,28). The Labute approximate surface area is 191 Å².